The van der Waals surface area contributed by atoms with Gasteiger partial charge in [0.2, 0.25) is 5.91 Å². The Hall–Kier alpha value is -1.36. The molecule has 0 radical (unpaired) electrons. The molecule has 0 saturated carbocycles. The number of hydrogen-bond donors (Lipinski definition) is 1. The molecule has 1 heterocycles. The van der Waals surface area contributed by atoms with Gasteiger partial charge in [-0.1, -0.05) is 22.0 Å². The van der Waals surface area contributed by atoms with Crippen molar-refractivity contribution in [3.63, 3.8) is 0 Å². The highest BCUT2D eigenvalue weighted by molar-refractivity contribution is 9.10. The Kier molecular flexibility index (Phi) is 5.39. The Morgan fingerprint density at radius 3 is 2.62 bits per heavy atom. The number of carbonyl (C=O) groups excluding carboxylic acids is 2. The van der Waals surface area contributed by atoms with Crippen LogP contribution in [-0.4, -0.2) is 36.3 Å². The molecule has 2 amide bonds. The van der Waals surface area contributed by atoms with E-state index < -0.39 is 0 Å². The van der Waals surface area contributed by atoms with Crippen molar-refractivity contribution in [1.29, 1.82) is 0 Å². The fourth-order valence-corrected chi connectivity index (χ4v) is 3.04. The standard InChI is InChI=1S/C16H21BrN2O2/c1-3-18-15(20)12-7-9-19(10-8-12)16(21)13-5-4-6-14(17)11(13)2/h4-6,12H,3,7-10H2,1-2H3,(H,18,20). The highest BCUT2D eigenvalue weighted by Crippen LogP contribution is 2.23. The molecule has 0 unspecified atom stereocenters. The predicted molar refractivity (Wildman–Crippen MR) is 86.2 cm³/mol. The Morgan fingerprint density at radius 1 is 1.33 bits per heavy atom. The molecule has 0 aliphatic carbocycles. The van der Waals surface area contributed by atoms with Crippen LogP contribution in [0.15, 0.2) is 22.7 Å². The van der Waals surface area contributed by atoms with E-state index in [0.29, 0.717) is 19.6 Å². The molecule has 21 heavy (non-hydrogen) atoms. The lowest BCUT2D eigenvalue weighted by atomic mass is 9.95. The first-order valence-electron chi connectivity index (χ1n) is 7.36. The number of likely N-dealkylation sites (tertiary alicyclic amines) is 1. The number of halogens is 1. The summed E-state index contributed by atoms with van der Waals surface area (Å²) < 4.78 is 0.950. The molecule has 0 atom stereocenters. The first-order valence-corrected chi connectivity index (χ1v) is 8.16. The summed E-state index contributed by atoms with van der Waals surface area (Å²) in [6, 6.07) is 5.68. The van der Waals surface area contributed by atoms with Gasteiger partial charge in [0, 0.05) is 35.6 Å². The van der Waals surface area contributed by atoms with Crippen LogP contribution in [0.5, 0.6) is 0 Å². The van der Waals surface area contributed by atoms with Gasteiger partial charge in [0.05, 0.1) is 0 Å². The van der Waals surface area contributed by atoms with Gasteiger partial charge in [0.25, 0.3) is 5.91 Å². The van der Waals surface area contributed by atoms with Crippen molar-refractivity contribution in [1.82, 2.24) is 10.2 Å². The normalized spacial score (nSPS) is 15.9. The minimum absolute atomic E-state index is 0.0395. The second-order valence-corrected chi connectivity index (χ2v) is 6.23. The van der Waals surface area contributed by atoms with E-state index >= 15 is 0 Å². The third-order valence-corrected chi connectivity index (χ3v) is 4.86. The monoisotopic (exact) mass is 352 g/mol. The number of amides is 2. The lowest BCUT2D eigenvalue weighted by molar-refractivity contribution is -0.126. The summed E-state index contributed by atoms with van der Waals surface area (Å²) >= 11 is 3.46. The van der Waals surface area contributed by atoms with E-state index in [1.165, 1.54) is 0 Å². The lowest BCUT2D eigenvalue weighted by Crippen LogP contribution is -2.43. The molecule has 1 aromatic rings. The fraction of sp³-hybridized carbons (Fsp3) is 0.500. The van der Waals surface area contributed by atoms with Crippen molar-refractivity contribution in [3.8, 4) is 0 Å². The van der Waals surface area contributed by atoms with Gasteiger partial charge >= 0.3 is 0 Å². The maximum Gasteiger partial charge on any atom is 0.254 e. The highest BCUT2D eigenvalue weighted by atomic mass is 79.9. The van der Waals surface area contributed by atoms with Gasteiger partial charge in [-0.25, -0.2) is 0 Å². The summed E-state index contributed by atoms with van der Waals surface area (Å²) in [7, 11) is 0. The van der Waals surface area contributed by atoms with Gasteiger partial charge in [-0.3, -0.25) is 9.59 Å². The molecule has 0 aromatic heterocycles. The number of rotatable bonds is 3. The molecule has 1 aliphatic heterocycles. The molecule has 114 valence electrons. The van der Waals surface area contributed by atoms with E-state index in [0.717, 1.165) is 28.4 Å². The van der Waals surface area contributed by atoms with Gasteiger partial charge in [-0.15, -0.1) is 0 Å². The van der Waals surface area contributed by atoms with E-state index in [9.17, 15) is 9.59 Å². The van der Waals surface area contributed by atoms with Crippen LogP contribution in [0.4, 0.5) is 0 Å². The van der Waals surface area contributed by atoms with Crippen molar-refractivity contribution in [2.75, 3.05) is 19.6 Å². The molecule has 1 fully saturated rings. The third-order valence-electron chi connectivity index (χ3n) is 4.00. The van der Waals surface area contributed by atoms with E-state index in [-0.39, 0.29) is 17.7 Å². The van der Waals surface area contributed by atoms with Crippen molar-refractivity contribution >= 4 is 27.7 Å². The average molecular weight is 353 g/mol. The van der Waals surface area contributed by atoms with Gasteiger partial charge in [0.1, 0.15) is 0 Å². The molecule has 5 heteroatoms. The molecule has 0 spiro atoms. The molecule has 1 saturated heterocycles. The molecule has 2 rings (SSSR count). The van der Waals surface area contributed by atoms with Crippen LogP contribution in [0.25, 0.3) is 0 Å². The van der Waals surface area contributed by atoms with E-state index in [4.69, 9.17) is 0 Å². The molecular formula is C16H21BrN2O2. The molecular weight excluding hydrogens is 332 g/mol. The van der Waals surface area contributed by atoms with Crippen molar-refractivity contribution < 1.29 is 9.59 Å². The third kappa shape index (κ3) is 3.64. The van der Waals surface area contributed by atoms with Crippen molar-refractivity contribution in [2.45, 2.75) is 26.7 Å². The maximum absolute atomic E-state index is 12.6. The van der Waals surface area contributed by atoms with Crippen molar-refractivity contribution in [3.05, 3.63) is 33.8 Å². The quantitative estimate of drug-likeness (QED) is 0.909. The summed E-state index contributed by atoms with van der Waals surface area (Å²) in [5.41, 5.74) is 1.70. The lowest BCUT2D eigenvalue weighted by Gasteiger charge is -2.31. The fourth-order valence-electron chi connectivity index (χ4n) is 2.67. The topological polar surface area (TPSA) is 49.4 Å². The first kappa shape index (κ1) is 16.0. The summed E-state index contributed by atoms with van der Waals surface area (Å²) in [5.74, 6) is 0.212. The highest BCUT2D eigenvalue weighted by Gasteiger charge is 2.28. The van der Waals surface area contributed by atoms with Crippen LogP contribution in [0, 0.1) is 12.8 Å². The Bertz CT molecular complexity index is 537. The number of nitrogens with one attached hydrogen (secondary N) is 1. The first-order chi connectivity index (χ1) is 10.0. The number of piperidine rings is 1. The second kappa shape index (κ2) is 7.07. The zero-order valence-corrected chi connectivity index (χ0v) is 14.1. The van der Waals surface area contributed by atoms with Crippen molar-refractivity contribution in [2.24, 2.45) is 5.92 Å². The Morgan fingerprint density at radius 2 is 2.00 bits per heavy atom. The number of benzene rings is 1. The van der Waals surface area contributed by atoms with E-state index in [1.807, 2.05) is 36.9 Å². The van der Waals surface area contributed by atoms with Crippen LogP contribution >= 0.6 is 15.9 Å². The van der Waals surface area contributed by atoms with Gasteiger partial charge in [0.15, 0.2) is 0 Å². The van der Waals surface area contributed by atoms with Gasteiger partial charge < -0.3 is 10.2 Å². The Labute approximate surface area is 134 Å². The SMILES string of the molecule is CCNC(=O)C1CCN(C(=O)c2cccc(Br)c2C)CC1. The smallest absolute Gasteiger partial charge is 0.254 e. The summed E-state index contributed by atoms with van der Waals surface area (Å²) in [5, 5.41) is 2.86. The van der Waals surface area contributed by atoms with Crippen LogP contribution in [-0.2, 0) is 4.79 Å². The summed E-state index contributed by atoms with van der Waals surface area (Å²) in [4.78, 5) is 26.3. The van der Waals surface area contributed by atoms with Crippen LogP contribution in [0.3, 0.4) is 0 Å². The number of carbonyl (C=O) groups is 2. The van der Waals surface area contributed by atoms with Gasteiger partial charge in [-0.05, 0) is 44.4 Å². The second-order valence-electron chi connectivity index (χ2n) is 5.37. The van der Waals surface area contributed by atoms with E-state index in [2.05, 4.69) is 21.2 Å². The Balaban J connectivity index is 2.00. The molecule has 1 aromatic carbocycles. The summed E-state index contributed by atoms with van der Waals surface area (Å²) in [6.07, 6.45) is 1.48. The summed E-state index contributed by atoms with van der Waals surface area (Å²) in [6.45, 7) is 5.82. The molecule has 1 N–H and O–H groups in total. The number of hydrogen-bond acceptors (Lipinski definition) is 2. The molecule has 4 nitrogen and oxygen atoms in total. The zero-order chi connectivity index (χ0) is 15.4. The van der Waals surface area contributed by atoms with Crippen LogP contribution in [0.2, 0.25) is 0 Å². The van der Waals surface area contributed by atoms with Gasteiger partial charge in [-0.2, -0.15) is 0 Å². The zero-order valence-electron chi connectivity index (χ0n) is 12.5. The van der Waals surface area contributed by atoms with Crippen LogP contribution in [0.1, 0.15) is 35.7 Å². The average Bonchev–Trinajstić information content (AvgIpc) is 2.50. The maximum atomic E-state index is 12.6. The van der Waals surface area contributed by atoms with E-state index in [1.54, 1.807) is 0 Å². The predicted octanol–water partition coefficient (Wildman–Crippen LogP) is 2.75. The molecule has 1 aliphatic rings. The minimum atomic E-state index is 0.0395. The number of nitrogens with zero attached hydrogens (tertiary/aromatic N) is 1. The minimum Gasteiger partial charge on any atom is -0.356 e. The van der Waals surface area contributed by atoms with Crippen LogP contribution < -0.4 is 5.32 Å². The molecule has 0 bridgehead atoms. The largest absolute Gasteiger partial charge is 0.356 e.